The van der Waals surface area contributed by atoms with Crippen molar-refractivity contribution < 1.29 is 19.9 Å². The zero-order chi connectivity index (χ0) is 16.8. The number of aliphatic carboxylic acids is 1. The summed E-state index contributed by atoms with van der Waals surface area (Å²) in [6, 6.07) is 11.5. The summed E-state index contributed by atoms with van der Waals surface area (Å²) in [5.41, 5.74) is 1.12. The highest BCUT2D eigenvalue weighted by Gasteiger charge is 2.19. The fourth-order valence-electron chi connectivity index (χ4n) is 2.19. The van der Waals surface area contributed by atoms with Gasteiger partial charge in [0.2, 0.25) is 0 Å². The molecule has 2 aromatic carbocycles. The Morgan fingerprint density at radius 3 is 2.43 bits per heavy atom. The summed E-state index contributed by atoms with van der Waals surface area (Å²) in [6.07, 6.45) is 0.205. The molecule has 0 fully saturated rings. The molecule has 2 rings (SSSR count). The Balaban J connectivity index is 2.07. The number of carbonyl (C=O) groups is 1. The molecule has 3 N–H and O–H groups in total. The van der Waals surface area contributed by atoms with Crippen molar-refractivity contribution in [3.8, 4) is 5.75 Å². The first-order valence-corrected chi connectivity index (χ1v) is 6.94. The van der Waals surface area contributed by atoms with E-state index in [1.807, 2.05) is 0 Å². The number of phenols is 1. The van der Waals surface area contributed by atoms with E-state index < -0.39 is 16.9 Å². The molecule has 1 atom stereocenters. The van der Waals surface area contributed by atoms with Crippen molar-refractivity contribution in [2.24, 2.45) is 0 Å². The molecule has 0 bridgehead atoms. The van der Waals surface area contributed by atoms with E-state index in [9.17, 15) is 25.1 Å². The van der Waals surface area contributed by atoms with Crippen molar-refractivity contribution in [1.82, 2.24) is 5.32 Å². The van der Waals surface area contributed by atoms with Crippen LogP contribution in [-0.2, 0) is 17.8 Å². The number of aromatic hydroxyl groups is 1. The average molecular weight is 316 g/mol. The van der Waals surface area contributed by atoms with Crippen molar-refractivity contribution in [3.63, 3.8) is 0 Å². The second kappa shape index (κ2) is 7.37. The van der Waals surface area contributed by atoms with Crippen molar-refractivity contribution in [3.05, 3.63) is 69.8 Å². The Labute approximate surface area is 132 Å². The SMILES string of the molecule is O=C(O)[C@H](Cc1ccc(O)cc1)NCc1ccccc1[N+](=O)[O-]. The highest BCUT2D eigenvalue weighted by Crippen LogP contribution is 2.18. The van der Waals surface area contributed by atoms with Crippen LogP contribution in [0.15, 0.2) is 48.5 Å². The lowest BCUT2D eigenvalue weighted by atomic mass is 10.1. The van der Waals surface area contributed by atoms with E-state index in [2.05, 4.69) is 5.32 Å². The fraction of sp³-hybridized carbons (Fsp3) is 0.188. The standard InChI is InChI=1S/C16H16N2O5/c19-13-7-5-11(6-8-13)9-14(16(20)21)17-10-12-3-1-2-4-15(12)18(22)23/h1-8,14,17,19H,9-10H2,(H,20,21)/t14-/m0/s1. The molecule has 0 heterocycles. The molecule has 23 heavy (non-hydrogen) atoms. The molecular weight excluding hydrogens is 300 g/mol. The van der Waals surface area contributed by atoms with Gasteiger partial charge >= 0.3 is 5.97 Å². The topological polar surface area (TPSA) is 113 Å². The number of phenolic OH excluding ortho intramolecular Hbond substituents is 1. The number of carboxylic acids is 1. The minimum atomic E-state index is -1.04. The van der Waals surface area contributed by atoms with Gasteiger partial charge in [0.25, 0.3) is 5.69 Å². The van der Waals surface area contributed by atoms with Gasteiger partial charge in [-0.25, -0.2) is 0 Å². The molecule has 0 unspecified atom stereocenters. The molecule has 7 heteroatoms. The lowest BCUT2D eigenvalue weighted by Gasteiger charge is -2.14. The van der Waals surface area contributed by atoms with E-state index in [0.717, 1.165) is 5.56 Å². The number of nitrogens with one attached hydrogen (secondary N) is 1. The number of rotatable bonds is 7. The molecular formula is C16H16N2O5. The average Bonchev–Trinajstić information content (AvgIpc) is 2.53. The monoisotopic (exact) mass is 316 g/mol. The van der Waals surface area contributed by atoms with Crippen LogP contribution in [0, 0.1) is 10.1 Å². The fourth-order valence-corrected chi connectivity index (χ4v) is 2.19. The molecule has 7 nitrogen and oxygen atoms in total. The first kappa shape index (κ1) is 16.4. The van der Waals surface area contributed by atoms with Crippen LogP contribution in [0.3, 0.4) is 0 Å². The summed E-state index contributed by atoms with van der Waals surface area (Å²) >= 11 is 0. The largest absolute Gasteiger partial charge is 0.508 e. The third-order valence-corrected chi connectivity index (χ3v) is 3.40. The first-order valence-electron chi connectivity index (χ1n) is 6.94. The molecule has 0 aliphatic rings. The molecule has 120 valence electrons. The quantitative estimate of drug-likeness (QED) is 0.532. The maximum Gasteiger partial charge on any atom is 0.321 e. The first-order chi connectivity index (χ1) is 11.0. The van der Waals surface area contributed by atoms with Crippen LogP contribution < -0.4 is 5.32 Å². The van der Waals surface area contributed by atoms with Crippen LogP contribution in [0.4, 0.5) is 5.69 Å². The van der Waals surface area contributed by atoms with Crippen LogP contribution >= 0.6 is 0 Å². The summed E-state index contributed by atoms with van der Waals surface area (Å²) in [6.45, 7) is 0.0756. The molecule has 0 radical (unpaired) electrons. The van der Waals surface area contributed by atoms with Crippen molar-refractivity contribution in [2.45, 2.75) is 19.0 Å². The number of hydrogen-bond donors (Lipinski definition) is 3. The van der Waals surface area contributed by atoms with Gasteiger partial charge in [-0.15, -0.1) is 0 Å². The Kier molecular flexibility index (Phi) is 5.27. The second-order valence-electron chi connectivity index (χ2n) is 5.03. The number of nitro benzene ring substituents is 1. The number of carboxylic acid groups (broad SMARTS) is 1. The Morgan fingerprint density at radius 2 is 1.83 bits per heavy atom. The van der Waals surface area contributed by atoms with Crippen molar-refractivity contribution in [1.29, 1.82) is 0 Å². The Bertz CT molecular complexity index is 700. The molecule has 0 aliphatic carbocycles. The molecule has 0 aromatic heterocycles. The third-order valence-electron chi connectivity index (χ3n) is 3.40. The van der Waals surface area contributed by atoms with Crippen LogP contribution in [0.2, 0.25) is 0 Å². The third kappa shape index (κ3) is 4.52. The molecule has 2 aromatic rings. The predicted molar refractivity (Wildman–Crippen MR) is 83.2 cm³/mol. The van der Waals surface area contributed by atoms with Gasteiger partial charge in [-0.3, -0.25) is 20.2 Å². The number of hydrogen-bond acceptors (Lipinski definition) is 5. The van der Waals surface area contributed by atoms with Crippen LogP contribution in [0.5, 0.6) is 5.75 Å². The highest BCUT2D eigenvalue weighted by molar-refractivity contribution is 5.74. The van der Waals surface area contributed by atoms with Gasteiger partial charge in [0.1, 0.15) is 11.8 Å². The zero-order valence-electron chi connectivity index (χ0n) is 12.2. The zero-order valence-corrected chi connectivity index (χ0v) is 12.2. The van der Waals surface area contributed by atoms with E-state index in [1.165, 1.54) is 18.2 Å². The van der Waals surface area contributed by atoms with Gasteiger partial charge < -0.3 is 10.2 Å². The summed E-state index contributed by atoms with van der Waals surface area (Å²) in [7, 11) is 0. The smallest absolute Gasteiger partial charge is 0.321 e. The second-order valence-corrected chi connectivity index (χ2v) is 5.03. The maximum atomic E-state index is 11.4. The molecule has 0 aliphatic heterocycles. The van der Waals surface area contributed by atoms with Crippen LogP contribution in [-0.4, -0.2) is 27.1 Å². The molecule has 0 saturated heterocycles. The van der Waals surface area contributed by atoms with Crippen molar-refractivity contribution in [2.75, 3.05) is 0 Å². The lowest BCUT2D eigenvalue weighted by Crippen LogP contribution is -2.38. The van der Waals surface area contributed by atoms with E-state index in [0.29, 0.717) is 5.56 Å². The molecule has 0 saturated carbocycles. The summed E-state index contributed by atoms with van der Waals surface area (Å²) in [5, 5.41) is 32.3. The van der Waals surface area contributed by atoms with Crippen molar-refractivity contribution >= 4 is 11.7 Å². The minimum Gasteiger partial charge on any atom is -0.508 e. The lowest BCUT2D eigenvalue weighted by molar-refractivity contribution is -0.385. The Morgan fingerprint density at radius 1 is 1.17 bits per heavy atom. The minimum absolute atomic E-state index is 0.0474. The van der Waals surface area contributed by atoms with Crippen LogP contribution in [0.25, 0.3) is 0 Å². The molecule has 0 amide bonds. The van der Waals surface area contributed by atoms with Crippen LogP contribution in [0.1, 0.15) is 11.1 Å². The summed E-state index contributed by atoms with van der Waals surface area (Å²) in [5.74, 6) is -0.940. The van der Waals surface area contributed by atoms with Gasteiger partial charge in [0.05, 0.1) is 4.92 Å². The number of para-hydroxylation sites is 1. The summed E-state index contributed by atoms with van der Waals surface area (Å²) < 4.78 is 0. The van der Waals surface area contributed by atoms with Gasteiger partial charge in [-0.2, -0.15) is 0 Å². The number of nitrogens with zero attached hydrogens (tertiary/aromatic N) is 1. The van der Waals surface area contributed by atoms with Gasteiger partial charge in [0.15, 0.2) is 0 Å². The predicted octanol–water partition coefficient (Wildman–Crippen LogP) is 2.09. The number of benzene rings is 2. The van der Waals surface area contributed by atoms with E-state index in [1.54, 1.807) is 30.3 Å². The van der Waals surface area contributed by atoms with Gasteiger partial charge in [-0.05, 0) is 24.1 Å². The van der Waals surface area contributed by atoms with E-state index >= 15 is 0 Å². The van der Waals surface area contributed by atoms with Gasteiger partial charge in [-0.1, -0.05) is 30.3 Å². The van der Waals surface area contributed by atoms with Gasteiger partial charge in [0, 0.05) is 18.2 Å². The maximum absolute atomic E-state index is 11.4. The normalized spacial score (nSPS) is 11.8. The molecule has 0 spiro atoms. The Hall–Kier alpha value is -2.93. The van der Waals surface area contributed by atoms with E-state index in [4.69, 9.17) is 0 Å². The van der Waals surface area contributed by atoms with E-state index in [-0.39, 0.29) is 24.4 Å². The number of nitro groups is 1. The highest BCUT2D eigenvalue weighted by atomic mass is 16.6. The summed E-state index contributed by atoms with van der Waals surface area (Å²) in [4.78, 5) is 21.8.